The maximum atomic E-state index is 13.6. The van der Waals surface area contributed by atoms with E-state index in [1.165, 1.54) is 25.2 Å². The molecule has 9 nitrogen and oxygen atoms in total. The van der Waals surface area contributed by atoms with Gasteiger partial charge in [-0.3, -0.25) is 13.9 Å². The highest BCUT2D eigenvalue weighted by Gasteiger charge is 2.27. The number of carbonyl (C=O) groups excluding carboxylic acids is 2. The van der Waals surface area contributed by atoms with Gasteiger partial charge in [0, 0.05) is 30.8 Å². The van der Waals surface area contributed by atoms with Crippen molar-refractivity contribution in [3.63, 3.8) is 0 Å². The number of nitrogens with one attached hydrogen (secondary N) is 3. The Labute approximate surface area is 242 Å². The van der Waals surface area contributed by atoms with Crippen LogP contribution in [0.15, 0.2) is 78.9 Å². The van der Waals surface area contributed by atoms with Crippen LogP contribution in [-0.2, 0) is 16.4 Å². The first-order valence-corrected chi connectivity index (χ1v) is 15.6. The molecule has 41 heavy (non-hydrogen) atoms. The lowest BCUT2D eigenvalue weighted by molar-refractivity contribution is 0.0830. The highest BCUT2D eigenvalue weighted by molar-refractivity contribution is 7.92. The van der Waals surface area contributed by atoms with Crippen LogP contribution in [0.3, 0.4) is 0 Å². The third-order valence-corrected chi connectivity index (χ3v) is 8.43. The fourth-order valence-electron chi connectivity index (χ4n) is 4.47. The van der Waals surface area contributed by atoms with Crippen LogP contribution < -0.4 is 20.3 Å². The van der Waals surface area contributed by atoms with Crippen molar-refractivity contribution < 1.29 is 23.1 Å². The minimum atomic E-state index is -3.67. The van der Waals surface area contributed by atoms with Crippen LogP contribution in [-0.4, -0.2) is 63.4 Å². The average molecular weight is 579 g/mol. The first-order chi connectivity index (χ1) is 19.5. The van der Waals surface area contributed by atoms with E-state index in [2.05, 4.69) is 16.0 Å². The average Bonchev–Trinajstić information content (AvgIpc) is 3.80. The van der Waals surface area contributed by atoms with E-state index in [1.807, 2.05) is 67.6 Å². The van der Waals surface area contributed by atoms with E-state index in [1.54, 1.807) is 0 Å². The maximum absolute atomic E-state index is 13.6. The van der Waals surface area contributed by atoms with Gasteiger partial charge in [0.15, 0.2) is 0 Å². The molecule has 0 spiro atoms. The molecule has 4 rings (SSSR count). The monoisotopic (exact) mass is 578 g/mol. The van der Waals surface area contributed by atoms with Crippen LogP contribution in [0, 0.1) is 0 Å². The molecule has 0 bridgehead atoms. The molecular formula is C31H38N4O5S. The highest BCUT2D eigenvalue weighted by atomic mass is 32.2. The van der Waals surface area contributed by atoms with E-state index in [-0.39, 0.29) is 22.9 Å². The van der Waals surface area contributed by atoms with E-state index < -0.39 is 34.0 Å². The van der Waals surface area contributed by atoms with Gasteiger partial charge in [0.05, 0.1) is 30.1 Å². The molecule has 0 unspecified atom stereocenters. The molecule has 3 aromatic rings. The molecule has 0 radical (unpaired) electrons. The quantitative estimate of drug-likeness (QED) is 0.247. The van der Waals surface area contributed by atoms with Crippen LogP contribution in [0.4, 0.5) is 5.69 Å². The Hall–Kier alpha value is -3.73. The lowest BCUT2D eigenvalue weighted by Gasteiger charge is -2.25. The van der Waals surface area contributed by atoms with Crippen molar-refractivity contribution in [1.82, 2.24) is 16.0 Å². The van der Waals surface area contributed by atoms with Gasteiger partial charge in [0.1, 0.15) is 0 Å². The Morgan fingerprint density at radius 1 is 0.927 bits per heavy atom. The van der Waals surface area contributed by atoms with Gasteiger partial charge in [-0.25, -0.2) is 8.42 Å². The first kappa shape index (κ1) is 30.2. The predicted molar refractivity (Wildman–Crippen MR) is 160 cm³/mol. The number of sulfonamides is 1. The number of carbonyl (C=O) groups is 2. The van der Waals surface area contributed by atoms with Gasteiger partial charge in [-0.15, -0.1) is 0 Å². The lowest BCUT2D eigenvalue weighted by Crippen LogP contribution is -2.49. The third kappa shape index (κ3) is 8.63. The molecule has 2 amide bonds. The first-order valence-electron chi connectivity index (χ1n) is 13.7. The number of amides is 2. The zero-order valence-electron chi connectivity index (χ0n) is 23.6. The summed E-state index contributed by atoms with van der Waals surface area (Å²) < 4.78 is 25.7. The van der Waals surface area contributed by atoms with Crippen molar-refractivity contribution >= 4 is 27.5 Å². The molecule has 3 aromatic carbocycles. The summed E-state index contributed by atoms with van der Waals surface area (Å²) in [6, 6.07) is 22.8. The Morgan fingerprint density at radius 2 is 1.49 bits per heavy atom. The van der Waals surface area contributed by atoms with Gasteiger partial charge in [0.25, 0.3) is 11.8 Å². The predicted octanol–water partition coefficient (Wildman–Crippen LogP) is 3.03. The SMILES string of the molecule is C[C@@H](NC(=O)c1cc(C(=O)N[C@@H](Cc2ccccc2)[C@@H](O)CNC2CC2)cc(N(C)S(C)(=O)=O)c1)c1ccccc1. The summed E-state index contributed by atoms with van der Waals surface area (Å²) >= 11 is 0. The zero-order valence-corrected chi connectivity index (χ0v) is 24.4. The molecule has 10 heteroatoms. The van der Waals surface area contributed by atoms with Crippen molar-refractivity contribution in [3.8, 4) is 0 Å². The van der Waals surface area contributed by atoms with E-state index in [4.69, 9.17) is 0 Å². The van der Waals surface area contributed by atoms with Gasteiger partial charge in [-0.05, 0) is 55.5 Å². The normalized spacial score (nSPS) is 15.4. The molecule has 0 saturated heterocycles. The number of anilines is 1. The minimum Gasteiger partial charge on any atom is -0.390 e. The van der Waals surface area contributed by atoms with Crippen LogP contribution in [0.1, 0.15) is 57.7 Å². The summed E-state index contributed by atoms with van der Waals surface area (Å²) in [6.45, 7) is 2.17. The molecule has 1 saturated carbocycles. The van der Waals surface area contributed by atoms with E-state index in [0.717, 1.165) is 34.5 Å². The number of hydrogen-bond acceptors (Lipinski definition) is 6. The van der Waals surface area contributed by atoms with Crippen molar-refractivity contribution in [2.45, 2.75) is 50.4 Å². The fraction of sp³-hybridized carbons (Fsp3) is 0.355. The Balaban J connectivity index is 1.61. The number of rotatable bonds is 13. The number of aliphatic hydroxyl groups excluding tert-OH is 1. The van der Waals surface area contributed by atoms with Gasteiger partial charge in [0.2, 0.25) is 10.0 Å². The Morgan fingerprint density at radius 3 is 2.05 bits per heavy atom. The van der Waals surface area contributed by atoms with Gasteiger partial charge < -0.3 is 21.1 Å². The second kappa shape index (κ2) is 13.3. The van der Waals surface area contributed by atoms with Crippen LogP contribution in [0.2, 0.25) is 0 Å². The van der Waals surface area contributed by atoms with Crippen LogP contribution in [0.5, 0.6) is 0 Å². The van der Waals surface area contributed by atoms with Crippen molar-refractivity contribution in [1.29, 1.82) is 0 Å². The molecule has 0 heterocycles. The highest BCUT2D eigenvalue weighted by Crippen LogP contribution is 2.23. The largest absolute Gasteiger partial charge is 0.390 e. The molecule has 1 aliphatic rings. The second-order valence-electron chi connectivity index (χ2n) is 10.6. The number of nitrogens with zero attached hydrogens (tertiary/aromatic N) is 1. The smallest absolute Gasteiger partial charge is 0.251 e. The summed E-state index contributed by atoms with van der Waals surface area (Å²) in [5.74, 6) is -0.973. The summed E-state index contributed by atoms with van der Waals surface area (Å²) in [5, 5.41) is 20.2. The van der Waals surface area contributed by atoms with E-state index in [9.17, 15) is 23.1 Å². The summed E-state index contributed by atoms with van der Waals surface area (Å²) in [5.41, 5.74) is 2.27. The van der Waals surface area contributed by atoms with Crippen molar-refractivity contribution in [3.05, 3.63) is 101 Å². The topological polar surface area (TPSA) is 128 Å². The number of benzene rings is 3. The van der Waals surface area contributed by atoms with Gasteiger partial charge in [-0.1, -0.05) is 60.7 Å². The van der Waals surface area contributed by atoms with Crippen molar-refractivity contribution in [2.24, 2.45) is 0 Å². The summed E-state index contributed by atoms with van der Waals surface area (Å²) in [6.07, 6.45) is 2.71. The summed E-state index contributed by atoms with van der Waals surface area (Å²) in [4.78, 5) is 26.9. The molecular weight excluding hydrogens is 540 g/mol. The maximum Gasteiger partial charge on any atom is 0.251 e. The summed E-state index contributed by atoms with van der Waals surface area (Å²) in [7, 11) is -2.30. The zero-order chi connectivity index (χ0) is 29.6. The number of hydrogen-bond donors (Lipinski definition) is 4. The van der Waals surface area contributed by atoms with Crippen LogP contribution >= 0.6 is 0 Å². The molecule has 0 aliphatic heterocycles. The Bertz CT molecular complexity index is 1450. The van der Waals surface area contributed by atoms with E-state index in [0.29, 0.717) is 19.0 Å². The van der Waals surface area contributed by atoms with Gasteiger partial charge >= 0.3 is 0 Å². The second-order valence-corrected chi connectivity index (χ2v) is 12.6. The lowest BCUT2D eigenvalue weighted by atomic mass is 10.00. The molecule has 1 aliphatic carbocycles. The molecule has 3 atom stereocenters. The standard InChI is InChI=1S/C31H38N4O5S/c1-21(23-12-8-5-9-13-23)33-30(37)24-17-25(19-27(18-24)35(2)41(3,39)40)31(38)34-28(16-22-10-6-4-7-11-22)29(36)20-32-26-14-15-26/h4-13,17-19,21,26,28-29,32,36H,14-16,20H2,1-3H3,(H,33,37)(H,34,38)/t21-,28+,29+/m1/s1. The fourth-order valence-corrected chi connectivity index (χ4v) is 4.96. The molecule has 4 N–H and O–H groups in total. The third-order valence-electron chi connectivity index (χ3n) is 7.22. The number of aliphatic hydroxyl groups is 1. The molecule has 218 valence electrons. The van der Waals surface area contributed by atoms with Gasteiger partial charge in [-0.2, -0.15) is 0 Å². The molecule has 1 fully saturated rings. The van der Waals surface area contributed by atoms with Crippen LogP contribution in [0.25, 0.3) is 0 Å². The Kier molecular flexibility index (Phi) is 9.80. The van der Waals surface area contributed by atoms with Crippen molar-refractivity contribution in [2.75, 3.05) is 24.2 Å². The minimum absolute atomic E-state index is 0.107. The molecule has 0 aromatic heterocycles. The van der Waals surface area contributed by atoms with E-state index >= 15 is 0 Å².